The fraction of sp³-hybridized carbons (Fsp3) is 0.875. The van der Waals surface area contributed by atoms with E-state index in [1.807, 2.05) is 0 Å². The SMILES string of the molecule is CC1CC(C)CC(c2nnc(C3CCCCC3)o2)C1. The minimum atomic E-state index is 0.503. The summed E-state index contributed by atoms with van der Waals surface area (Å²) < 4.78 is 6.04. The molecule has 0 N–H and O–H groups in total. The molecule has 3 heteroatoms. The van der Waals surface area contributed by atoms with Crippen molar-refractivity contribution in [1.82, 2.24) is 10.2 Å². The third kappa shape index (κ3) is 3.01. The molecule has 0 aromatic carbocycles. The summed E-state index contributed by atoms with van der Waals surface area (Å²) in [5, 5.41) is 8.72. The first kappa shape index (κ1) is 13.1. The first-order valence-corrected chi connectivity index (χ1v) is 8.05. The lowest BCUT2D eigenvalue weighted by Gasteiger charge is -2.29. The van der Waals surface area contributed by atoms with Crippen LogP contribution in [0.4, 0.5) is 0 Å². The maximum Gasteiger partial charge on any atom is 0.219 e. The highest BCUT2D eigenvalue weighted by molar-refractivity contribution is 4.99. The van der Waals surface area contributed by atoms with E-state index < -0.39 is 0 Å². The van der Waals surface area contributed by atoms with Crippen LogP contribution in [0.2, 0.25) is 0 Å². The van der Waals surface area contributed by atoms with Gasteiger partial charge in [-0.3, -0.25) is 0 Å². The molecule has 106 valence electrons. The van der Waals surface area contributed by atoms with E-state index in [2.05, 4.69) is 24.0 Å². The molecule has 2 aliphatic carbocycles. The summed E-state index contributed by atoms with van der Waals surface area (Å²) in [5.41, 5.74) is 0. The molecular weight excluding hydrogens is 236 g/mol. The van der Waals surface area contributed by atoms with Crippen LogP contribution in [0.15, 0.2) is 4.42 Å². The smallest absolute Gasteiger partial charge is 0.219 e. The summed E-state index contributed by atoms with van der Waals surface area (Å²) in [7, 11) is 0. The number of nitrogens with zero attached hydrogens (tertiary/aromatic N) is 2. The molecule has 2 unspecified atom stereocenters. The van der Waals surface area contributed by atoms with Crippen LogP contribution in [0.1, 0.15) is 88.8 Å². The summed E-state index contributed by atoms with van der Waals surface area (Å²) >= 11 is 0. The first-order chi connectivity index (χ1) is 9.22. The van der Waals surface area contributed by atoms with Crippen molar-refractivity contribution in [3.63, 3.8) is 0 Å². The van der Waals surface area contributed by atoms with Crippen molar-refractivity contribution >= 4 is 0 Å². The lowest BCUT2D eigenvalue weighted by molar-refractivity contribution is 0.235. The van der Waals surface area contributed by atoms with Crippen LogP contribution in [-0.4, -0.2) is 10.2 Å². The molecule has 0 aliphatic heterocycles. The van der Waals surface area contributed by atoms with Crippen molar-refractivity contribution < 1.29 is 4.42 Å². The average molecular weight is 262 g/mol. The van der Waals surface area contributed by atoms with Gasteiger partial charge in [0, 0.05) is 11.8 Å². The summed E-state index contributed by atoms with van der Waals surface area (Å²) in [6.07, 6.45) is 10.3. The van der Waals surface area contributed by atoms with E-state index in [1.165, 1.54) is 51.4 Å². The lowest BCUT2D eigenvalue weighted by Crippen LogP contribution is -2.18. The molecule has 2 fully saturated rings. The Labute approximate surface area is 116 Å². The molecule has 0 radical (unpaired) electrons. The van der Waals surface area contributed by atoms with E-state index in [-0.39, 0.29) is 0 Å². The van der Waals surface area contributed by atoms with E-state index in [0.29, 0.717) is 11.8 Å². The highest BCUT2D eigenvalue weighted by atomic mass is 16.4. The maximum atomic E-state index is 6.04. The summed E-state index contributed by atoms with van der Waals surface area (Å²) in [6.45, 7) is 4.70. The molecule has 19 heavy (non-hydrogen) atoms. The van der Waals surface area contributed by atoms with Gasteiger partial charge >= 0.3 is 0 Å². The van der Waals surface area contributed by atoms with Gasteiger partial charge in [-0.15, -0.1) is 10.2 Å². The van der Waals surface area contributed by atoms with Crippen LogP contribution in [0.25, 0.3) is 0 Å². The van der Waals surface area contributed by atoms with E-state index in [4.69, 9.17) is 4.42 Å². The van der Waals surface area contributed by atoms with E-state index in [0.717, 1.165) is 23.6 Å². The van der Waals surface area contributed by atoms with E-state index >= 15 is 0 Å². The van der Waals surface area contributed by atoms with Gasteiger partial charge in [0.1, 0.15) is 0 Å². The van der Waals surface area contributed by atoms with Crippen LogP contribution in [0, 0.1) is 11.8 Å². The Morgan fingerprint density at radius 3 is 2.00 bits per heavy atom. The molecular formula is C16H26N2O. The maximum absolute atomic E-state index is 6.04. The zero-order chi connectivity index (χ0) is 13.2. The molecule has 0 amide bonds. The summed E-state index contributed by atoms with van der Waals surface area (Å²) in [6, 6.07) is 0. The normalized spacial score (nSPS) is 33.5. The van der Waals surface area contributed by atoms with Crippen LogP contribution in [0.5, 0.6) is 0 Å². The predicted molar refractivity (Wildman–Crippen MR) is 75.0 cm³/mol. The monoisotopic (exact) mass is 262 g/mol. The molecule has 2 aliphatic rings. The van der Waals surface area contributed by atoms with E-state index in [9.17, 15) is 0 Å². The second-order valence-corrected chi connectivity index (χ2v) is 6.93. The van der Waals surface area contributed by atoms with Crippen molar-refractivity contribution in [2.45, 2.75) is 77.0 Å². The Morgan fingerprint density at radius 2 is 1.37 bits per heavy atom. The minimum absolute atomic E-state index is 0.503. The minimum Gasteiger partial charge on any atom is -0.425 e. The van der Waals surface area contributed by atoms with Crippen molar-refractivity contribution in [1.29, 1.82) is 0 Å². The Morgan fingerprint density at radius 1 is 0.789 bits per heavy atom. The van der Waals surface area contributed by atoms with Crippen LogP contribution >= 0.6 is 0 Å². The number of hydrogen-bond acceptors (Lipinski definition) is 3. The second kappa shape index (κ2) is 5.64. The largest absolute Gasteiger partial charge is 0.425 e. The number of rotatable bonds is 2. The highest BCUT2D eigenvalue weighted by Crippen LogP contribution is 2.39. The molecule has 1 heterocycles. The van der Waals surface area contributed by atoms with Gasteiger partial charge in [0.2, 0.25) is 11.8 Å². The van der Waals surface area contributed by atoms with Gasteiger partial charge in [-0.2, -0.15) is 0 Å². The molecule has 1 aromatic rings. The van der Waals surface area contributed by atoms with Crippen molar-refractivity contribution in [3.8, 4) is 0 Å². The van der Waals surface area contributed by atoms with Gasteiger partial charge in [-0.05, 0) is 43.9 Å². The van der Waals surface area contributed by atoms with Gasteiger partial charge in [0.25, 0.3) is 0 Å². The quantitative estimate of drug-likeness (QED) is 0.778. The third-order valence-corrected chi connectivity index (χ3v) is 4.94. The van der Waals surface area contributed by atoms with Crippen LogP contribution in [-0.2, 0) is 0 Å². The van der Waals surface area contributed by atoms with Crippen LogP contribution < -0.4 is 0 Å². The first-order valence-electron chi connectivity index (χ1n) is 8.05. The number of aromatic nitrogens is 2. The van der Waals surface area contributed by atoms with E-state index in [1.54, 1.807) is 0 Å². The van der Waals surface area contributed by atoms with Crippen molar-refractivity contribution in [2.75, 3.05) is 0 Å². The van der Waals surface area contributed by atoms with Gasteiger partial charge < -0.3 is 4.42 Å². The standard InChI is InChI=1S/C16H26N2O/c1-11-8-12(2)10-14(9-11)16-18-17-15(19-16)13-6-4-3-5-7-13/h11-14H,3-10H2,1-2H3. The molecule has 0 spiro atoms. The Kier molecular flexibility index (Phi) is 3.90. The fourth-order valence-electron chi connectivity index (χ4n) is 4.07. The van der Waals surface area contributed by atoms with Gasteiger partial charge in [-0.1, -0.05) is 33.1 Å². The summed E-state index contributed by atoms with van der Waals surface area (Å²) in [4.78, 5) is 0. The predicted octanol–water partition coefficient (Wildman–Crippen LogP) is 4.66. The lowest BCUT2D eigenvalue weighted by atomic mass is 9.77. The zero-order valence-corrected chi connectivity index (χ0v) is 12.3. The zero-order valence-electron chi connectivity index (χ0n) is 12.3. The topological polar surface area (TPSA) is 38.9 Å². The Bertz CT molecular complexity index is 399. The average Bonchev–Trinajstić information content (AvgIpc) is 2.88. The summed E-state index contributed by atoms with van der Waals surface area (Å²) in [5.74, 6) is 4.45. The van der Waals surface area contributed by atoms with Crippen molar-refractivity contribution in [3.05, 3.63) is 11.8 Å². The fourth-order valence-corrected chi connectivity index (χ4v) is 4.07. The van der Waals surface area contributed by atoms with Gasteiger partial charge in [0.05, 0.1) is 0 Å². The molecule has 1 aromatic heterocycles. The third-order valence-electron chi connectivity index (χ3n) is 4.94. The van der Waals surface area contributed by atoms with Crippen molar-refractivity contribution in [2.24, 2.45) is 11.8 Å². The van der Waals surface area contributed by atoms with Gasteiger partial charge in [0.15, 0.2) is 0 Å². The molecule has 2 atom stereocenters. The Balaban J connectivity index is 1.69. The highest BCUT2D eigenvalue weighted by Gasteiger charge is 2.30. The molecule has 0 bridgehead atoms. The molecule has 3 nitrogen and oxygen atoms in total. The van der Waals surface area contributed by atoms with Crippen LogP contribution in [0.3, 0.4) is 0 Å². The molecule has 3 rings (SSSR count). The Hall–Kier alpha value is -0.860. The van der Waals surface area contributed by atoms with Gasteiger partial charge in [-0.25, -0.2) is 0 Å². The molecule has 0 saturated heterocycles. The molecule has 2 saturated carbocycles. The second-order valence-electron chi connectivity index (χ2n) is 6.93. The number of hydrogen-bond donors (Lipinski definition) is 0.